The number of hydrogen-bond acceptors (Lipinski definition) is 4. The summed E-state index contributed by atoms with van der Waals surface area (Å²) >= 11 is 0. The van der Waals surface area contributed by atoms with Crippen LogP contribution in [0.15, 0.2) is 48.5 Å². The molecular formula is C20H20N2O4. The number of benzene rings is 2. The standard InChI is InChI=1S/C20H20N2O4/c1-13(21-12-14-6-8-15(9-7-14)20(25)26)10-11-22-18(23)16-4-2-3-5-17(16)19(22)24/h2-9,13,21H,10-12H2,1H3,(H,25,26). The van der Waals surface area contributed by atoms with Crippen molar-refractivity contribution in [3.63, 3.8) is 0 Å². The Hall–Kier alpha value is -2.99. The summed E-state index contributed by atoms with van der Waals surface area (Å²) in [6.45, 7) is 2.94. The number of carbonyl (C=O) groups excluding carboxylic acids is 2. The lowest BCUT2D eigenvalue weighted by atomic mass is 10.1. The van der Waals surface area contributed by atoms with Crippen LogP contribution in [0.4, 0.5) is 0 Å². The first-order chi connectivity index (χ1) is 12.5. The fraction of sp³-hybridized carbons (Fsp3) is 0.250. The van der Waals surface area contributed by atoms with Crippen LogP contribution < -0.4 is 5.32 Å². The molecule has 1 aliphatic heterocycles. The molecule has 0 aromatic heterocycles. The first-order valence-electron chi connectivity index (χ1n) is 8.48. The molecular weight excluding hydrogens is 332 g/mol. The number of nitrogens with one attached hydrogen (secondary N) is 1. The second-order valence-electron chi connectivity index (χ2n) is 6.38. The molecule has 0 radical (unpaired) electrons. The van der Waals surface area contributed by atoms with Gasteiger partial charge in [-0.05, 0) is 43.2 Å². The fourth-order valence-electron chi connectivity index (χ4n) is 2.92. The SMILES string of the molecule is CC(CCN1C(=O)c2ccccc2C1=O)NCc1ccc(C(=O)O)cc1. The van der Waals surface area contributed by atoms with Gasteiger partial charge in [-0.3, -0.25) is 14.5 Å². The zero-order valence-electron chi connectivity index (χ0n) is 14.4. The number of carbonyl (C=O) groups is 3. The van der Waals surface area contributed by atoms with Gasteiger partial charge in [0, 0.05) is 19.1 Å². The third kappa shape index (κ3) is 3.65. The molecule has 0 fully saturated rings. The number of amides is 2. The van der Waals surface area contributed by atoms with Crippen molar-refractivity contribution >= 4 is 17.8 Å². The van der Waals surface area contributed by atoms with Crippen molar-refractivity contribution < 1.29 is 19.5 Å². The second-order valence-corrected chi connectivity index (χ2v) is 6.38. The molecule has 1 heterocycles. The Labute approximate surface area is 151 Å². The predicted molar refractivity (Wildman–Crippen MR) is 96.1 cm³/mol. The highest BCUT2D eigenvalue weighted by molar-refractivity contribution is 6.21. The Balaban J connectivity index is 1.50. The van der Waals surface area contributed by atoms with Crippen LogP contribution in [-0.2, 0) is 6.54 Å². The van der Waals surface area contributed by atoms with E-state index in [-0.39, 0.29) is 23.4 Å². The van der Waals surface area contributed by atoms with E-state index in [9.17, 15) is 14.4 Å². The van der Waals surface area contributed by atoms with Gasteiger partial charge in [0.2, 0.25) is 0 Å². The van der Waals surface area contributed by atoms with Crippen LogP contribution in [0, 0.1) is 0 Å². The first-order valence-corrected chi connectivity index (χ1v) is 8.48. The second kappa shape index (κ2) is 7.49. The summed E-state index contributed by atoms with van der Waals surface area (Å²) in [6, 6.07) is 13.7. The number of carboxylic acid groups (broad SMARTS) is 1. The van der Waals surface area contributed by atoms with Crippen LogP contribution in [-0.4, -0.2) is 40.4 Å². The average Bonchev–Trinajstić information content (AvgIpc) is 2.89. The fourth-order valence-corrected chi connectivity index (χ4v) is 2.92. The number of rotatable bonds is 7. The van der Waals surface area contributed by atoms with E-state index in [1.807, 2.05) is 6.92 Å². The third-order valence-electron chi connectivity index (χ3n) is 4.52. The minimum absolute atomic E-state index is 0.0958. The Morgan fingerprint density at radius 1 is 1.04 bits per heavy atom. The van der Waals surface area contributed by atoms with Crippen LogP contribution in [0.25, 0.3) is 0 Å². The van der Waals surface area contributed by atoms with Crippen molar-refractivity contribution in [2.45, 2.75) is 25.9 Å². The zero-order chi connectivity index (χ0) is 18.7. The van der Waals surface area contributed by atoms with E-state index < -0.39 is 5.97 Å². The zero-order valence-corrected chi connectivity index (χ0v) is 14.4. The van der Waals surface area contributed by atoms with Gasteiger partial charge < -0.3 is 10.4 Å². The Bertz CT molecular complexity index is 810. The van der Waals surface area contributed by atoms with Gasteiger partial charge >= 0.3 is 5.97 Å². The molecule has 0 saturated carbocycles. The van der Waals surface area contributed by atoms with Gasteiger partial charge in [-0.15, -0.1) is 0 Å². The summed E-state index contributed by atoms with van der Waals surface area (Å²) in [7, 11) is 0. The smallest absolute Gasteiger partial charge is 0.335 e. The van der Waals surface area contributed by atoms with E-state index >= 15 is 0 Å². The molecule has 2 amide bonds. The van der Waals surface area contributed by atoms with Crippen molar-refractivity contribution in [1.82, 2.24) is 10.2 Å². The molecule has 2 aromatic carbocycles. The molecule has 0 aliphatic carbocycles. The Kier molecular flexibility index (Phi) is 5.14. The van der Waals surface area contributed by atoms with E-state index in [2.05, 4.69) is 5.32 Å². The number of hydrogen-bond donors (Lipinski definition) is 2. The van der Waals surface area contributed by atoms with Gasteiger partial charge in [-0.1, -0.05) is 24.3 Å². The maximum absolute atomic E-state index is 12.3. The largest absolute Gasteiger partial charge is 0.478 e. The Morgan fingerprint density at radius 2 is 1.62 bits per heavy atom. The van der Waals surface area contributed by atoms with E-state index in [4.69, 9.17) is 5.11 Å². The van der Waals surface area contributed by atoms with Crippen LogP contribution in [0.3, 0.4) is 0 Å². The quantitative estimate of drug-likeness (QED) is 0.748. The predicted octanol–water partition coefficient (Wildman–Crippen LogP) is 2.55. The van der Waals surface area contributed by atoms with Gasteiger partial charge in [0.15, 0.2) is 0 Å². The topological polar surface area (TPSA) is 86.7 Å². The molecule has 3 rings (SSSR count). The lowest BCUT2D eigenvalue weighted by molar-refractivity contribution is 0.0645. The molecule has 1 unspecified atom stereocenters. The lowest BCUT2D eigenvalue weighted by Crippen LogP contribution is -2.35. The molecule has 0 saturated heterocycles. The summed E-state index contributed by atoms with van der Waals surface area (Å²) in [5.41, 5.74) is 2.17. The molecule has 2 N–H and O–H groups in total. The van der Waals surface area contributed by atoms with Crippen LogP contribution in [0.5, 0.6) is 0 Å². The van der Waals surface area contributed by atoms with E-state index in [1.165, 1.54) is 4.90 Å². The molecule has 6 heteroatoms. The maximum atomic E-state index is 12.3. The van der Waals surface area contributed by atoms with E-state index in [0.717, 1.165) is 5.56 Å². The van der Waals surface area contributed by atoms with Crippen LogP contribution in [0.1, 0.15) is 50.0 Å². The van der Waals surface area contributed by atoms with E-state index in [0.29, 0.717) is 30.6 Å². The number of aromatic carboxylic acids is 1. The van der Waals surface area contributed by atoms with Crippen molar-refractivity contribution in [2.24, 2.45) is 0 Å². The van der Waals surface area contributed by atoms with Crippen LogP contribution >= 0.6 is 0 Å². The molecule has 6 nitrogen and oxygen atoms in total. The summed E-state index contributed by atoms with van der Waals surface area (Å²) in [5, 5.41) is 12.2. The van der Waals surface area contributed by atoms with Gasteiger partial charge in [0.05, 0.1) is 16.7 Å². The molecule has 1 aliphatic rings. The first kappa shape index (κ1) is 17.8. The third-order valence-corrected chi connectivity index (χ3v) is 4.52. The monoisotopic (exact) mass is 352 g/mol. The van der Waals surface area contributed by atoms with Crippen molar-refractivity contribution in [2.75, 3.05) is 6.54 Å². The highest BCUT2D eigenvalue weighted by atomic mass is 16.4. The van der Waals surface area contributed by atoms with Crippen molar-refractivity contribution in [1.29, 1.82) is 0 Å². The number of imide groups is 1. The molecule has 0 bridgehead atoms. The van der Waals surface area contributed by atoms with E-state index in [1.54, 1.807) is 48.5 Å². The molecule has 1 atom stereocenters. The minimum atomic E-state index is -0.946. The Morgan fingerprint density at radius 3 is 2.15 bits per heavy atom. The number of fused-ring (bicyclic) bond motifs is 1. The van der Waals surface area contributed by atoms with Crippen molar-refractivity contribution in [3.05, 3.63) is 70.8 Å². The van der Waals surface area contributed by atoms with Gasteiger partial charge in [0.25, 0.3) is 11.8 Å². The highest BCUT2D eigenvalue weighted by Crippen LogP contribution is 2.22. The summed E-state index contributed by atoms with van der Waals surface area (Å²) in [6.07, 6.45) is 0.638. The van der Waals surface area contributed by atoms with Gasteiger partial charge in [-0.2, -0.15) is 0 Å². The summed E-state index contributed by atoms with van der Waals surface area (Å²) in [5.74, 6) is -1.41. The number of carboxylic acids is 1. The molecule has 26 heavy (non-hydrogen) atoms. The number of nitrogens with zero attached hydrogens (tertiary/aromatic N) is 1. The highest BCUT2D eigenvalue weighted by Gasteiger charge is 2.34. The summed E-state index contributed by atoms with van der Waals surface area (Å²) in [4.78, 5) is 36.8. The van der Waals surface area contributed by atoms with Gasteiger partial charge in [0.1, 0.15) is 0 Å². The van der Waals surface area contributed by atoms with Gasteiger partial charge in [-0.25, -0.2) is 4.79 Å². The minimum Gasteiger partial charge on any atom is -0.478 e. The average molecular weight is 352 g/mol. The normalized spacial score (nSPS) is 14.4. The lowest BCUT2D eigenvalue weighted by Gasteiger charge is -2.18. The maximum Gasteiger partial charge on any atom is 0.335 e. The van der Waals surface area contributed by atoms with Crippen molar-refractivity contribution in [3.8, 4) is 0 Å². The molecule has 0 spiro atoms. The van der Waals surface area contributed by atoms with Crippen LogP contribution in [0.2, 0.25) is 0 Å². The summed E-state index contributed by atoms with van der Waals surface area (Å²) < 4.78 is 0. The molecule has 2 aromatic rings. The molecule has 134 valence electrons.